The van der Waals surface area contributed by atoms with E-state index in [0.717, 1.165) is 27.8 Å². The van der Waals surface area contributed by atoms with E-state index < -0.39 is 0 Å². The molecule has 2 aromatic carbocycles. The molecule has 7 nitrogen and oxygen atoms in total. The van der Waals surface area contributed by atoms with Gasteiger partial charge in [0.05, 0.1) is 11.1 Å². The lowest BCUT2D eigenvalue weighted by atomic mass is 10.1. The number of nitrogens with one attached hydrogen (secondary N) is 2. The second kappa shape index (κ2) is 10.5. The molecule has 0 aliphatic heterocycles. The van der Waals surface area contributed by atoms with E-state index in [-0.39, 0.29) is 11.9 Å². The summed E-state index contributed by atoms with van der Waals surface area (Å²) in [5.41, 5.74) is 4.16. The van der Waals surface area contributed by atoms with Crippen LogP contribution in [0.15, 0.2) is 66.9 Å². The summed E-state index contributed by atoms with van der Waals surface area (Å²) in [5, 5.41) is 7.72. The smallest absolute Gasteiger partial charge is 0.257 e. The third-order valence-corrected chi connectivity index (χ3v) is 5.70. The largest absolute Gasteiger partial charge is 0.363 e. The highest BCUT2D eigenvalue weighted by Crippen LogP contribution is 2.28. The van der Waals surface area contributed by atoms with Gasteiger partial charge in [-0.05, 0) is 61.4 Å². The number of aromatic nitrogens is 3. The van der Waals surface area contributed by atoms with Gasteiger partial charge in [0.25, 0.3) is 5.91 Å². The van der Waals surface area contributed by atoms with Crippen molar-refractivity contribution in [1.29, 1.82) is 0 Å². The molecule has 0 spiro atoms. The lowest BCUT2D eigenvalue weighted by Crippen LogP contribution is -2.16. The van der Waals surface area contributed by atoms with Crippen molar-refractivity contribution in [1.82, 2.24) is 15.0 Å². The number of nitrogens with zero attached hydrogens (tertiary/aromatic N) is 4. The van der Waals surface area contributed by atoms with Crippen LogP contribution in [-0.4, -0.2) is 35.0 Å². The molecule has 0 unspecified atom stereocenters. The number of hydrogen-bond acceptors (Lipinski definition) is 6. The predicted molar refractivity (Wildman–Crippen MR) is 144 cm³/mol. The second-order valence-corrected chi connectivity index (χ2v) is 8.74. The van der Waals surface area contributed by atoms with Crippen LogP contribution in [0.5, 0.6) is 0 Å². The number of benzene rings is 2. The van der Waals surface area contributed by atoms with Gasteiger partial charge in [-0.25, -0.2) is 9.97 Å². The summed E-state index contributed by atoms with van der Waals surface area (Å²) in [6.45, 7) is 4.07. The molecule has 4 rings (SSSR count). The van der Waals surface area contributed by atoms with Gasteiger partial charge in [-0.15, -0.1) is 0 Å². The van der Waals surface area contributed by atoms with Gasteiger partial charge in [-0.2, -0.15) is 4.98 Å². The Kier molecular flexibility index (Phi) is 7.27. The Morgan fingerprint density at radius 1 is 1.06 bits per heavy atom. The molecule has 2 N–H and O–H groups in total. The number of rotatable bonds is 7. The molecule has 0 bridgehead atoms. The third-order valence-electron chi connectivity index (χ3n) is 5.48. The number of fused-ring (bicyclic) bond motifs is 1. The molecule has 2 aromatic heterocycles. The fourth-order valence-electron chi connectivity index (χ4n) is 3.60. The molecular weight excluding hydrogens is 460 g/mol. The average molecular weight is 487 g/mol. The minimum absolute atomic E-state index is 0.0245. The number of amides is 1. The van der Waals surface area contributed by atoms with Crippen LogP contribution in [0.2, 0.25) is 5.15 Å². The van der Waals surface area contributed by atoms with E-state index in [0.29, 0.717) is 22.4 Å². The van der Waals surface area contributed by atoms with Crippen LogP contribution in [0, 0.1) is 0 Å². The molecule has 0 aliphatic rings. The maximum Gasteiger partial charge on any atom is 0.257 e. The topological polar surface area (TPSA) is 83.0 Å². The molecule has 8 heteroatoms. The van der Waals surface area contributed by atoms with Gasteiger partial charge in [-0.3, -0.25) is 4.79 Å². The Balaban J connectivity index is 1.54. The zero-order chi connectivity index (χ0) is 24.9. The summed E-state index contributed by atoms with van der Waals surface area (Å²) in [6.07, 6.45) is 5.51. The van der Waals surface area contributed by atoms with E-state index in [1.807, 2.05) is 62.3 Å². The van der Waals surface area contributed by atoms with Gasteiger partial charge in [0.2, 0.25) is 5.95 Å². The first-order chi connectivity index (χ1) is 16.8. The number of anilines is 3. The summed E-state index contributed by atoms with van der Waals surface area (Å²) in [5.74, 6) is 1.17. The van der Waals surface area contributed by atoms with Crippen LogP contribution in [0.3, 0.4) is 0 Å². The number of allylic oxidation sites excluding steroid dienone is 1. The highest BCUT2D eigenvalue weighted by atomic mass is 35.5. The van der Waals surface area contributed by atoms with E-state index in [1.54, 1.807) is 12.1 Å². The van der Waals surface area contributed by atoms with E-state index in [9.17, 15) is 4.79 Å². The molecule has 0 radical (unpaired) electrons. The first kappa shape index (κ1) is 24.2. The highest BCUT2D eigenvalue weighted by Gasteiger charge is 2.14. The molecule has 178 valence electrons. The van der Waals surface area contributed by atoms with Gasteiger partial charge in [-0.1, -0.05) is 42.0 Å². The number of halogens is 1. The van der Waals surface area contributed by atoms with Crippen molar-refractivity contribution in [3.63, 3.8) is 0 Å². The molecule has 0 saturated heterocycles. The molecule has 0 aliphatic carbocycles. The molecular formula is C27H27ClN6O. The van der Waals surface area contributed by atoms with Crippen LogP contribution in [-0.2, 0) is 0 Å². The Labute approximate surface area is 209 Å². The van der Waals surface area contributed by atoms with E-state index in [1.165, 1.54) is 6.20 Å². The number of carbonyl (C=O) groups is 1. The standard InChI is InChI=1S/C27H27ClN6O/c1-5-6-18-7-13-22-23(15-18)32-27(34(3)4)33-25(22)30-17(2)19-8-11-21(12-9-19)31-26(35)20-10-14-24(28)29-16-20/h5-17H,1-4H3,(H,31,35)(H,30,32,33)/b6-5+/t17-/m0/s1. The number of hydrogen-bond donors (Lipinski definition) is 2. The molecule has 35 heavy (non-hydrogen) atoms. The zero-order valence-electron chi connectivity index (χ0n) is 20.1. The maximum absolute atomic E-state index is 12.4. The first-order valence-electron chi connectivity index (χ1n) is 11.3. The van der Waals surface area contributed by atoms with Crippen molar-refractivity contribution in [2.75, 3.05) is 29.6 Å². The van der Waals surface area contributed by atoms with Gasteiger partial charge in [0.15, 0.2) is 0 Å². The molecule has 4 aromatic rings. The maximum atomic E-state index is 12.4. The van der Waals surface area contributed by atoms with Crippen molar-refractivity contribution in [3.8, 4) is 0 Å². The molecule has 2 heterocycles. The summed E-state index contributed by atoms with van der Waals surface area (Å²) < 4.78 is 0. The van der Waals surface area contributed by atoms with Crippen LogP contribution in [0.1, 0.15) is 41.4 Å². The van der Waals surface area contributed by atoms with Crippen molar-refractivity contribution in [2.24, 2.45) is 0 Å². The Bertz CT molecular complexity index is 1370. The normalized spacial score (nSPS) is 12.0. The minimum Gasteiger partial charge on any atom is -0.363 e. The molecule has 1 amide bonds. The average Bonchev–Trinajstić information content (AvgIpc) is 2.84. The second-order valence-electron chi connectivity index (χ2n) is 8.35. The Hall–Kier alpha value is -3.97. The SMILES string of the molecule is C/C=C/c1ccc2c(N[C@@H](C)c3ccc(NC(=O)c4ccc(Cl)nc4)cc3)nc(N(C)C)nc2c1. The fourth-order valence-corrected chi connectivity index (χ4v) is 3.71. The fraction of sp³-hybridized carbons (Fsp3) is 0.185. The Morgan fingerprint density at radius 3 is 2.49 bits per heavy atom. The summed E-state index contributed by atoms with van der Waals surface area (Å²) in [6, 6.07) is 17.1. The van der Waals surface area contributed by atoms with Gasteiger partial charge in [0.1, 0.15) is 11.0 Å². The van der Waals surface area contributed by atoms with Crippen molar-refractivity contribution < 1.29 is 4.79 Å². The minimum atomic E-state index is -0.242. The summed E-state index contributed by atoms with van der Waals surface area (Å²) in [7, 11) is 3.86. The summed E-state index contributed by atoms with van der Waals surface area (Å²) in [4.78, 5) is 27.7. The predicted octanol–water partition coefficient (Wildman–Crippen LogP) is 6.20. The molecule has 0 fully saturated rings. The van der Waals surface area contributed by atoms with Crippen molar-refractivity contribution >= 4 is 51.9 Å². The molecule has 1 atom stereocenters. The van der Waals surface area contributed by atoms with Crippen molar-refractivity contribution in [2.45, 2.75) is 19.9 Å². The lowest BCUT2D eigenvalue weighted by Gasteiger charge is -2.19. The summed E-state index contributed by atoms with van der Waals surface area (Å²) >= 11 is 5.80. The van der Waals surface area contributed by atoms with E-state index >= 15 is 0 Å². The third kappa shape index (κ3) is 5.75. The lowest BCUT2D eigenvalue weighted by molar-refractivity contribution is 0.102. The van der Waals surface area contributed by atoms with Gasteiger partial charge in [0, 0.05) is 37.4 Å². The van der Waals surface area contributed by atoms with Crippen LogP contribution in [0.4, 0.5) is 17.5 Å². The molecule has 0 saturated carbocycles. The Morgan fingerprint density at radius 2 is 1.83 bits per heavy atom. The zero-order valence-corrected chi connectivity index (χ0v) is 20.8. The van der Waals surface area contributed by atoms with Gasteiger partial charge < -0.3 is 15.5 Å². The van der Waals surface area contributed by atoms with Crippen LogP contribution >= 0.6 is 11.6 Å². The van der Waals surface area contributed by atoms with Crippen LogP contribution < -0.4 is 15.5 Å². The highest BCUT2D eigenvalue weighted by molar-refractivity contribution is 6.29. The number of carbonyl (C=O) groups excluding carboxylic acids is 1. The van der Waals surface area contributed by atoms with Crippen LogP contribution in [0.25, 0.3) is 17.0 Å². The van der Waals surface area contributed by atoms with E-state index in [2.05, 4.69) is 40.8 Å². The first-order valence-corrected chi connectivity index (χ1v) is 11.6. The number of pyridine rings is 1. The van der Waals surface area contributed by atoms with E-state index in [4.69, 9.17) is 21.6 Å². The quantitative estimate of drug-likeness (QED) is 0.302. The van der Waals surface area contributed by atoms with Gasteiger partial charge >= 0.3 is 0 Å². The monoisotopic (exact) mass is 486 g/mol. The van der Waals surface area contributed by atoms with Crippen molar-refractivity contribution in [3.05, 3.63) is 88.7 Å².